The third-order valence-corrected chi connectivity index (χ3v) is 4.45. The third-order valence-electron chi connectivity index (χ3n) is 4.45. The number of hydrogen-bond acceptors (Lipinski definition) is 4. The molecule has 1 aliphatic rings. The van der Waals surface area contributed by atoms with Crippen molar-refractivity contribution in [1.82, 2.24) is 19.3 Å². The number of aromatic nitrogens is 3. The molecule has 0 saturated carbocycles. The van der Waals surface area contributed by atoms with Crippen LogP contribution >= 0.6 is 0 Å². The van der Waals surface area contributed by atoms with Crippen molar-refractivity contribution in [3.8, 4) is 0 Å². The van der Waals surface area contributed by atoms with Crippen LogP contribution in [0.1, 0.15) is 17.2 Å². The summed E-state index contributed by atoms with van der Waals surface area (Å²) in [6, 6.07) is 10.8. The van der Waals surface area contributed by atoms with E-state index < -0.39 is 0 Å². The van der Waals surface area contributed by atoms with E-state index in [0.29, 0.717) is 5.92 Å². The van der Waals surface area contributed by atoms with Crippen LogP contribution in [0.15, 0.2) is 55.1 Å². The highest BCUT2D eigenvalue weighted by Crippen LogP contribution is 2.27. The lowest BCUT2D eigenvalue weighted by Gasteiger charge is -2.15. The van der Waals surface area contributed by atoms with Crippen molar-refractivity contribution in [3.63, 3.8) is 0 Å². The average molecular weight is 293 g/mol. The van der Waals surface area contributed by atoms with E-state index in [1.165, 1.54) is 11.3 Å². The number of benzene rings is 1. The maximum atomic E-state index is 6.37. The van der Waals surface area contributed by atoms with Gasteiger partial charge in [0.2, 0.25) is 0 Å². The molecule has 1 fully saturated rings. The molecule has 2 N–H and O–H groups in total. The van der Waals surface area contributed by atoms with Crippen LogP contribution < -0.4 is 5.73 Å². The molecule has 1 saturated heterocycles. The van der Waals surface area contributed by atoms with Crippen molar-refractivity contribution in [2.75, 3.05) is 13.1 Å². The summed E-state index contributed by atoms with van der Waals surface area (Å²) in [6.45, 7) is 2.77. The van der Waals surface area contributed by atoms with Crippen molar-refractivity contribution in [2.24, 2.45) is 5.73 Å². The molecule has 4 rings (SSSR count). The molecule has 22 heavy (non-hydrogen) atoms. The highest BCUT2D eigenvalue weighted by molar-refractivity contribution is 5.37. The summed E-state index contributed by atoms with van der Waals surface area (Å²) in [4.78, 5) is 10.9. The molecule has 3 aromatic rings. The van der Waals surface area contributed by atoms with Gasteiger partial charge in [-0.15, -0.1) is 0 Å². The van der Waals surface area contributed by atoms with Gasteiger partial charge >= 0.3 is 0 Å². The molecule has 112 valence electrons. The van der Waals surface area contributed by atoms with E-state index >= 15 is 0 Å². The molecule has 0 amide bonds. The third kappa shape index (κ3) is 2.38. The molecule has 2 atom stereocenters. The van der Waals surface area contributed by atoms with E-state index in [0.717, 1.165) is 25.3 Å². The Morgan fingerprint density at radius 1 is 1.14 bits per heavy atom. The van der Waals surface area contributed by atoms with Crippen LogP contribution in [0.3, 0.4) is 0 Å². The summed E-state index contributed by atoms with van der Waals surface area (Å²) < 4.78 is 2.09. The average Bonchev–Trinajstić information content (AvgIpc) is 3.13. The molecule has 0 radical (unpaired) electrons. The second-order valence-corrected chi connectivity index (χ2v) is 5.93. The Morgan fingerprint density at radius 3 is 2.86 bits per heavy atom. The fourth-order valence-electron chi connectivity index (χ4n) is 3.34. The number of nitrogens with two attached hydrogens (primary N) is 1. The standard InChI is InChI=1S/C17H19N5/c18-16-12-21(11-15(16)13-4-2-1-3-5-13)10-14-8-20-17-9-19-6-7-22(14)17/h1-9,15-16H,10-12,18H2/t15-,16+/m0/s1. The predicted molar refractivity (Wildman–Crippen MR) is 85.4 cm³/mol. The van der Waals surface area contributed by atoms with Crippen LogP contribution in [0, 0.1) is 0 Å². The molecule has 0 aliphatic carbocycles. The van der Waals surface area contributed by atoms with Gasteiger partial charge in [-0.25, -0.2) is 4.98 Å². The zero-order valence-electron chi connectivity index (χ0n) is 12.3. The Morgan fingerprint density at radius 2 is 2.00 bits per heavy atom. The number of rotatable bonds is 3. The number of nitrogens with zero attached hydrogens (tertiary/aromatic N) is 4. The van der Waals surface area contributed by atoms with E-state index in [9.17, 15) is 0 Å². The van der Waals surface area contributed by atoms with E-state index in [1.54, 1.807) is 12.4 Å². The Hall–Kier alpha value is -2.24. The second-order valence-electron chi connectivity index (χ2n) is 5.93. The summed E-state index contributed by atoms with van der Waals surface area (Å²) in [5, 5.41) is 0. The smallest absolute Gasteiger partial charge is 0.155 e. The quantitative estimate of drug-likeness (QED) is 0.798. The topological polar surface area (TPSA) is 59.5 Å². The monoisotopic (exact) mass is 293 g/mol. The van der Waals surface area contributed by atoms with Gasteiger partial charge in [0.05, 0.1) is 18.1 Å². The molecular weight excluding hydrogens is 274 g/mol. The summed E-state index contributed by atoms with van der Waals surface area (Å²) in [6.07, 6.45) is 7.47. The maximum Gasteiger partial charge on any atom is 0.155 e. The fourth-order valence-corrected chi connectivity index (χ4v) is 3.34. The predicted octanol–water partition coefficient (Wildman–Crippen LogP) is 1.66. The first kappa shape index (κ1) is 13.4. The maximum absolute atomic E-state index is 6.37. The lowest BCUT2D eigenvalue weighted by molar-refractivity contribution is 0.319. The minimum absolute atomic E-state index is 0.184. The van der Waals surface area contributed by atoms with Crippen molar-refractivity contribution in [3.05, 3.63) is 66.4 Å². The molecule has 0 bridgehead atoms. The molecule has 0 unspecified atom stereocenters. The molecule has 2 aromatic heterocycles. The van der Waals surface area contributed by atoms with E-state index in [4.69, 9.17) is 5.73 Å². The van der Waals surface area contributed by atoms with Crippen molar-refractivity contribution < 1.29 is 0 Å². The lowest BCUT2D eigenvalue weighted by atomic mass is 9.95. The van der Waals surface area contributed by atoms with Gasteiger partial charge in [0.1, 0.15) is 0 Å². The van der Waals surface area contributed by atoms with Gasteiger partial charge in [-0.1, -0.05) is 30.3 Å². The summed E-state index contributed by atoms with van der Waals surface area (Å²) in [7, 11) is 0. The minimum Gasteiger partial charge on any atom is -0.326 e. The Kier molecular flexibility index (Phi) is 3.36. The highest BCUT2D eigenvalue weighted by Gasteiger charge is 2.31. The normalized spacial score (nSPS) is 22.4. The largest absolute Gasteiger partial charge is 0.326 e. The first-order valence-electron chi connectivity index (χ1n) is 7.60. The fraction of sp³-hybridized carbons (Fsp3) is 0.294. The molecule has 1 aliphatic heterocycles. The minimum atomic E-state index is 0.184. The van der Waals surface area contributed by atoms with E-state index in [-0.39, 0.29) is 6.04 Å². The molecule has 5 nitrogen and oxygen atoms in total. The Bertz CT molecular complexity index is 767. The Labute approximate surface area is 129 Å². The first-order valence-corrected chi connectivity index (χ1v) is 7.60. The van der Waals surface area contributed by atoms with Gasteiger partial charge in [-0.2, -0.15) is 0 Å². The van der Waals surface area contributed by atoms with E-state index in [2.05, 4.69) is 43.5 Å². The summed E-state index contributed by atoms with van der Waals surface area (Å²) in [5.74, 6) is 0.405. The number of fused-ring (bicyclic) bond motifs is 1. The highest BCUT2D eigenvalue weighted by atomic mass is 15.2. The van der Waals surface area contributed by atoms with Gasteiger partial charge in [-0.05, 0) is 5.56 Å². The number of imidazole rings is 1. The molecule has 3 heterocycles. The molecule has 5 heteroatoms. The van der Waals surface area contributed by atoms with Crippen LogP contribution in [-0.4, -0.2) is 38.4 Å². The SMILES string of the molecule is N[C@@H]1CN(Cc2cnc3cnccn23)C[C@H]1c1ccccc1. The molecule has 1 aromatic carbocycles. The number of hydrogen-bond donors (Lipinski definition) is 1. The Balaban J connectivity index is 1.53. The van der Waals surface area contributed by atoms with Crippen LogP contribution in [0.25, 0.3) is 5.65 Å². The lowest BCUT2D eigenvalue weighted by Crippen LogP contribution is -2.28. The van der Waals surface area contributed by atoms with Gasteiger partial charge in [-0.3, -0.25) is 14.3 Å². The van der Waals surface area contributed by atoms with Gasteiger partial charge < -0.3 is 5.73 Å². The van der Waals surface area contributed by atoms with Gasteiger partial charge in [0.15, 0.2) is 5.65 Å². The van der Waals surface area contributed by atoms with Crippen molar-refractivity contribution in [2.45, 2.75) is 18.5 Å². The van der Waals surface area contributed by atoms with Crippen molar-refractivity contribution >= 4 is 5.65 Å². The first-order chi connectivity index (χ1) is 10.8. The zero-order valence-corrected chi connectivity index (χ0v) is 12.3. The molecule has 0 spiro atoms. The zero-order chi connectivity index (χ0) is 14.9. The van der Waals surface area contributed by atoms with Crippen LogP contribution in [0.4, 0.5) is 0 Å². The van der Waals surface area contributed by atoms with Gasteiger partial charge in [0, 0.05) is 44.0 Å². The summed E-state index contributed by atoms with van der Waals surface area (Å²) in [5.41, 5.74) is 9.77. The van der Waals surface area contributed by atoms with Gasteiger partial charge in [0.25, 0.3) is 0 Å². The molecular formula is C17H19N5. The van der Waals surface area contributed by atoms with E-state index in [1.807, 2.05) is 18.5 Å². The van der Waals surface area contributed by atoms with Crippen LogP contribution in [-0.2, 0) is 6.54 Å². The second kappa shape index (κ2) is 5.51. The van der Waals surface area contributed by atoms with Crippen molar-refractivity contribution in [1.29, 1.82) is 0 Å². The summed E-state index contributed by atoms with van der Waals surface area (Å²) >= 11 is 0. The van der Waals surface area contributed by atoms with Crippen LogP contribution in [0.5, 0.6) is 0 Å². The van der Waals surface area contributed by atoms with Crippen LogP contribution in [0.2, 0.25) is 0 Å². The number of likely N-dealkylation sites (tertiary alicyclic amines) is 1.